The molecule has 1 aliphatic rings. The Morgan fingerprint density at radius 2 is 2.04 bits per heavy atom. The SMILES string of the molecule is CCc1ccc(N2C[C@H](C(=O)OCc3ccccn3)CC2=O)cc1. The first-order valence-electron chi connectivity index (χ1n) is 8.13. The van der Waals surface area contributed by atoms with Crippen molar-refractivity contribution in [3.63, 3.8) is 0 Å². The van der Waals surface area contributed by atoms with Crippen LogP contribution < -0.4 is 4.90 Å². The molecule has 1 amide bonds. The molecule has 1 aliphatic heterocycles. The lowest BCUT2D eigenvalue weighted by Crippen LogP contribution is -2.26. The zero-order valence-electron chi connectivity index (χ0n) is 13.6. The van der Waals surface area contributed by atoms with Crippen LogP contribution in [0.5, 0.6) is 0 Å². The van der Waals surface area contributed by atoms with Crippen LogP contribution in [0.2, 0.25) is 0 Å². The van der Waals surface area contributed by atoms with E-state index in [4.69, 9.17) is 4.74 Å². The molecule has 0 bridgehead atoms. The number of aromatic nitrogens is 1. The number of anilines is 1. The molecule has 1 saturated heterocycles. The minimum Gasteiger partial charge on any atom is -0.459 e. The molecule has 1 aromatic heterocycles. The second kappa shape index (κ2) is 7.25. The molecular formula is C19H20N2O3. The predicted molar refractivity (Wildman–Crippen MR) is 90.3 cm³/mol. The fourth-order valence-electron chi connectivity index (χ4n) is 2.77. The quantitative estimate of drug-likeness (QED) is 0.794. The van der Waals surface area contributed by atoms with E-state index in [1.807, 2.05) is 36.4 Å². The van der Waals surface area contributed by atoms with E-state index in [1.54, 1.807) is 17.2 Å². The fraction of sp³-hybridized carbons (Fsp3) is 0.316. The summed E-state index contributed by atoms with van der Waals surface area (Å²) in [5, 5.41) is 0. The number of pyridine rings is 1. The number of benzene rings is 1. The Morgan fingerprint density at radius 1 is 1.25 bits per heavy atom. The van der Waals surface area contributed by atoms with E-state index >= 15 is 0 Å². The monoisotopic (exact) mass is 324 g/mol. The fourth-order valence-corrected chi connectivity index (χ4v) is 2.77. The first-order chi connectivity index (χ1) is 11.7. The van der Waals surface area contributed by atoms with Crippen LogP contribution in [0.1, 0.15) is 24.6 Å². The van der Waals surface area contributed by atoms with Gasteiger partial charge in [-0.05, 0) is 36.2 Å². The smallest absolute Gasteiger partial charge is 0.311 e. The summed E-state index contributed by atoms with van der Waals surface area (Å²) in [6.07, 6.45) is 2.80. The second-order valence-corrected chi connectivity index (χ2v) is 5.85. The summed E-state index contributed by atoms with van der Waals surface area (Å²) in [6.45, 7) is 2.59. The number of ether oxygens (including phenoxy) is 1. The number of rotatable bonds is 5. The standard InChI is InChI=1S/C19H20N2O3/c1-2-14-6-8-17(9-7-14)21-12-15(11-18(21)22)19(23)24-13-16-5-3-4-10-20-16/h3-10,15H,2,11-13H2,1H3/t15-/m1/s1. The van der Waals surface area contributed by atoms with Crippen molar-refractivity contribution in [2.45, 2.75) is 26.4 Å². The van der Waals surface area contributed by atoms with Gasteiger partial charge in [-0.1, -0.05) is 25.1 Å². The highest BCUT2D eigenvalue weighted by Gasteiger charge is 2.36. The van der Waals surface area contributed by atoms with Gasteiger partial charge in [-0.15, -0.1) is 0 Å². The molecule has 0 unspecified atom stereocenters. The van der Waals surface area contributed by atoms with Gasteiger partial charge in [0, 0.05) is 24.8 Å². The largest absolute Gasteiger partial charge is 0.459 e. The van der Waals surface area contributed by atoms with Gasteiger partial charge in [0.1, 0.15) is 6.61 Å². The molecule has 0 radical (unpaired) electrons. The lowest BCUT2D eigenvalue weighted by molar-refractivity contribution is -0.149. The second-order valence-electron chi connectivity index (χ2n) is 5.85. The lowest BCUT2D eigenvalue weighted by atomic mass is 10.1. The molecule has 2 aromatic rings. The molecule has 0 aliphatic carbocycles. The number of carbonyl (C=O) groups excluding carboxylic acids is 2. The van der Waals surface area contributed by atoms with Crippen LogP contribution in [0.3, 0.4) is 0 Å². The lowest BCUT2D eigenvalue weighted by Gasteiger charge is -2.17. The summed E-state index contributed by atoms with van der Waals surface area (Å²) >= 11 is 0. The van der Waals surface area contributed by atoms with E-state index in [-0.39, 0.29) is 24.9 Å². The van der Waals surface area contributed by atoms with Crippen LogP contribution in [0.25, 0.3) is 0 Å². The molecule has 1 fully saturated rings. The van der Waals surface area contributed by atoms with Crippen molar-refractivity contribution >= 4 is 17.6 Å². The zero-order chi connectivity index (χ0) is 16.9. The average molecular weight is 324 g/mol. The first kappa shape index (κ1) is 16.2. The number of esters is 1. The third kappa shape index (κ3) is 3.62. The Bertz CT molecular complexity index is 713. The van der Waals surface area contributed by atoms with E-state index < -0.39 is 5.92 Å². The van der Waals surface area contributed by atoms with E-state index in [1.165, 1.54) is 5.56 Å². The van der Waals surface area contributed by atoms with Crippen molar-refractivity contribution in [2.24, 2.45) is 5.92 Å². The highest BCUT2D eigenvalue weighted by Crippen LogP contribution is 2.26. The third-order valence-electron chi connectivity index (χ3n) is 4.20. The number of amides is 1. The number of hydrogen-bond donors (Lipinski definition) is 0. The van der Waals surface area contributed by atoms with Gasteiger partial charge in [-0.25, -0.2) is 0 Å². The van der Waals surface area contributed by atoms with E-state index in [0.29, 0.717) is 12.2 Å². The summed E-state index contributed by atoms with van der Waals surface area (Å²) in [7, 11) is 0. The normalized spacial score (nSPS) is 17.1. The number of carbonyl (C=O) groups is 2. The topological polar surface area (TPSA) is 59.5 Å². The summed E-state index contributed by atoms with van der Waals surface area (Å²) in [4.78, 5) is 30.2. The molecule has 3 rings (SSSR count). The van der Waals surface area contributed by atoms with Crippen LogP contribution >= 0.6 is 0 Å². The van der Waals surface area contributed by atoms with Crippen LogP contribution in [0.4, 0.5) is 5.69 Å². The third-order valence-corrected chi connectivity index (χ3v) is 4.20. The molecule has 2 heterocycles. The van der Waals surface area contributed by atoms with Gasteiger partial charge in [-0.2, -0.15) is 0 Å². The van der Waals surface area contributed by atoms with Crippen molar-refractivity contribution in [3.05, 3.63) is 59.9 Å². The maximum absolute atomic E-state index is 12.2. The van der Waals surface area contributed by atoms with Gasteiger partial charge in [-0.3, -0.25) is 14.6 Å². The van der Waals surface area contributed by atoms with Crippen molar-refractivity contribution in [1.82, 2.24) is 4.98 Å². The van der Waals surface area contributed by atoms with Crippen molar-refractivity contribution in [2.75, 3.05) is 11.4 Å². The average Bonchev–Trinajstić information content (AvgIpc) is 3.02. The molecule has 0 spiro atoms. The molecule has 5 heteroatoms. The molecule has 0 saturated carbocycles. The Hall–Kier alpha value is -2.69. The number of aryl methyl sites for hydroxylation is 1. The summed E-state index contributed by atoms with van der Waals surface area (Å²) in [6, 6.07) is 13.3. The first-order valence-corrected chi connectivity index (χ1v) is 8.13. The summed E-state index contributed by atoms with van der Waals surface area (Å²) in [5.74, 6) is -0.812. The van der Waals surface area contributed by atoms with Crippen molar-refractivity contribution < 1.29 is 14.3 Å². The van der Waals surface area contributed by atoms with E-state index in [0.717, 1.165) is 12.1 Å². The molecule has 24 heavy (non-hydrogen) atoms. The van der Waals surface area contributed by atoms with Gasteiger partial charge in [0.25, 0.3) is 0 Å². The zero-order valence-corrected chi connectivity index (χ0v) is 13.6. The minimum absolute atomic E-state index is 0.0426. The van der Waals surface area contributed by atoms with Crippen LogP contribution in [-0.4, -0.2) is 23.4 Å². The summed E-state index contributed by atoms with van der Waals surface area (Å²) < 4.78 is 5.30. The van der Waals surface area contributed by atoms with Crippen LogP contribution in [0.15, 0.2) is 48.7 Å². The maximum atomic E-state index is 12.2. The molecule has 0 N–H and O–H groups in total. The minimum atomic E-state index is -0.424. The Kier molecular flexibility index (Phi) is 4.89. The van der Waals surface area contributed by atoms with Gasteiger partial charge in [0.05, 0.1) is 11.6 Å². The Morgan fingerprint density at radius 3 is 2.71 bits per heavy atom. The number of nitrogens with zero attached hydrogens (tertiary/aromatic N) is 2. The predicted octanol–water partition coefficient (Wildman–Crippen LogP) is 2.74. The molecule has 5 nitrogen and oxygen atoms in total. The molecular weight excluding hydrogens is 304 g/mol. The van der Waals surface area contributed by atoms with Crippen LogP contribution in [0, 0.1) is 5.92 Å². The van der Waals surface area contributed by atoms with Crippen molar-refractivity contribution in [1.29, 1.82) is 0 Å². The van der Waals surface area contributed by atoms with Gasteiger partial charge in [0.2, 0.25) is 5.91 Å². The van der Waals surface area contributed by atoms with Crippen LogP contribution in [-0.2, 0) is 27.4 Å². The highest BCUT2D eigenvalue weighted by atomic mass is 16.5. The summed E-state index contributed by atoms with van der Waals surface area (Å²) in [5.41, 5.74) is 2.75. The maximum Gasteiger partial charge on any atom is 0.311 e. The Labute approximate surface area is 141 Å². The number of hydrogen-bond acceptors (Lipinski definition) is 4. The van der Waals surface area contributed by atoms with Gasteiger partial charge < -0.3 is 9.64 Å². The molecule has 1 aromatic carbocycles. The molecule has 1 atom stereocenters. The Balaban J connectivity index is 1.60. The van der Waals surface area contributed by atoms with Gasteiger partial charge in [0.15, 0.2) is 0 Å². The highest BCUT2D eigenvalue weighted by molar-refractivity contribution is 5.99. The van der Waals surface area contributed by atoms with E-state index in [2.05, 4.69) is 11.9 Å². The van der Waals surface area contributed by atoms with Gasteiger partial charge >= 0.3 is 5.97 Å². The molecule has 124 valence electrons. The van der Waals surface area contributed by atoms with E-state index in [9.17, 15) is 9.59 Å². The van der Waals surface area contributed by atoms with Crippen molar-refractivity contribution in [3.8, 4) is 0 Å².